The second-order valence-corrected chi connectivity index (χ2v) is 5.27. The Morgan fingerprint density at radius 2 is 2.15 bits per heavy atom. The molecule has 2 aromatic rings. The van der Waals surface area contributed by atoms with Crippen LogP contribution >= 0.6 is 0 Å². The topological polar surface area (TPSA) is 64.7 Å². The minimum atomic E-state index is -0.104. The summed E-state index contributed by atoms with van der Waals surface area (Å²) in [5.74, 6) is 0.416. The Bertz CT molecular complexity index is 600. The van der Waals surface area contributed by atoms with E-state index >= 15 is 0 Å². The summed E-state index contributed by atoms with van der Waals surface area (Å²) in [5, 5.41) is 3.07. The van der Waals surface area contributed by atoms with Crippen molar-refractivity contribution in [1.82, 2.24) is 24.6 Å². The molecule has 1 aliphatic carbocycles. The standard InChI is InChI=1S/C14H19N5O.H2/c1-18-9-10-19(18)14-15-8-7-12(17-14)13(20)16-11-5-3-2-4-6-11;/h7-11H,2-6H2,1H3,(H,16,20);1H. The third-order valence-electron chi connectivity index (χ3n) is 3.78. The molecule has 1 amide bonds. The van der Waals surface area contributed by atoms with E-state index in [2.05, 4.69) is 15.3 Å². The van der Waals surface area contributed by atoms with E-state index in [9.17, 15) is 4.79 Å². The molecule has 2 aromatic heterocycles. The zero-order valence-electron chi connectivity index (χ0n) is 11.6. The van der Waals surface area contributed by atoms with Crippen molar-refractivity contribution in [3.8, 4) is 5.95 Å². The normalized spacial score (nSPS) is 16.2. The fraction of sp³-hybridized carbons (Fsp3) is 0.500. The van der Waals surface area contributed by atoms with E-state index in [0.29, 0.717) is 17.7 Å². The molecular formula is C14H21N5O. The number of carbonyl (C=O) groups is 1. The Kier molecular flexibility index (Phi) is 3.54. The summed E-state index contributed by atoms with van der Waals surface area (Å²) in [6.45, 7) is 0. The number of rotatable bonds is 3. The number of aromatic nitrogens is 4. The van der Waals surface area contributed by atoms with Gasteiger partial charge in [-0.05, 0) is 18.9 Å². The highest BCUT2D eigenvalue weighted by Gasteiger charge is 2.18. The maximum Gasteiger partial charge on any atom is 0.270 e. The second kappa shape index (κ2) is 5.48. The Hall–Kier alpha value is -2.11. The first-order chi connectivity index (χ1) is 9.74. The maximum absolute atomic E-state index is 12.2. The summed E-state index contributed by atoms with van der Waals surface area (Å²) in [4.78, 5) is 20.7. The third kappa shape index (κ3) is 2.59. The van der Waals surface area contributed by atoms with Crippen molar-refractivity contribution in [2.24, 2.45) is 7.05 Å². The Morgan fingerprint density at radius 1 is 1.35 bits per heavy atom. The van der Waals surface area contributed by atoms with Gasteiger partial charge in [0.2, 0.25) is 5.95 Å². The molecule has 0 atom stereocenters. The molecule has 0 saturated heterocycles. The predicted molar refractivity (Wildman–Crippen MR) is 76.8 cm³/mol. The molecule has 6 heteroatoms. The summed E-state index contributed by atoms with van der Waals surface area (Å²) in [6.07, 6.45) is 11.2. The number of nitrogens with zero attached hydrogens (tertiary/aromatic N) is 4. The smallest absolute Gasteiger partial charge is 0.270 e. The zero-order chi connectivity index (χ0) is 13.9. The molecule has 3 rings (SSSR count). The van der Waals surface area contributed by atoms with Crippen LogP contribution in [0.4, 0.5) is 0 Å². The molecule has 0 aromatic carbocycles. The highest BCUT2D eigenvalue weighted by molar-refractivity contribution is 5.92. The lowest BCUT2D eigenvalue weighted by Crippen LogP contribution is -2.36. The molecule has 2 heterocycles. The van der Waals surface area contributed by atoms with Gasteiger partial charge in [0.25, 0.3) is 5.91 Å². The Balaban J connectivity index is 0.00000161. The molecule has 0 aliphatic heterocycles. The lowest BCUT2D eigenvalue weighted by atomic mass is 9.95. The van der Waals surface area contributed by atoms with E-state index in [1.54, 1.807) is 16.9 Å². The molecule has 0 radical (unpaired) electrons. The monoisotopic (exact) mass is 275 g/mol. The van der Waals surface area contributed by atoms with Crippen LogP contribution in [0.2, 0.25) is 0 Å². The van der Waals surface area contributed by atoms with Crippen molar-refractivity contribution in [1.29, 1.82) is 0 Å². The van der Waals surface area contributed by atoms with Crippen molar-refractivity contribution < 1.29 is 6.22 Å². The van der Waals surface area contributed by atoms with E-state index in [1.807, 2.05) is 24.1 Å². The lowest BCUT2D eigenvalue weighted by Gasteiger charge is -2.22. The minimum absolute atomic E-state index is 0. The zero-order valence-corrected chi connectivity index (χ0v) is 11.6. The average molecular weight is 275 g/mol. The summed E-state index contributed by atoms with van der Waals surface area (Å²) in [7, 11) is 1.90. The van der Waals surface area contributed by atoms with Gasteiger partial charge in [-0.3, -0.25) is 9.48 Å². The third-order valence-corrected chi connectivity index (χ3v) is 3.78. The van der Waals surface area contributed by atoms with Crippen LogP contribution in [-0.2, 0) is 7.05 Å². The molecular weight excluding hydrogens is 254 g/mol. The van der Waals surface area contributed by atoms with Crippen LogP contribution in [-0.4, -0.2) is 31.3 Å². The van der Waals surface area contributed by atoms with Crippen LogP contribution in [0, 0.1) is 0 Å². The van der Waals surface area contributed by atoms with Gasteiger partial charge >= 0.3 is 0 Å². The molecule has 6 nitrogen and oxygen atoms in total. The van der Waals surface area contributed by atoms with Gasteiger partial charge in [-0.15, -0.1) is 0 Å². The number of amides is 1. The first-order valence-electron chi connectivity index (χ1n) is 7.08. The van der Waals surface area contributed by atoms with Crippen molar-refractivity contribution in [3.63, 3.8) is 0 Å². The van der Waals surface area contributed by atoms with Gasteiger partial charge in [0.1, 0.15) is 5.69 Å². The number of hydrogen-bond donors (Lipinski definition) is 1. The van der Waals surface area contributed by atoms with Crippen LogP contribution in [0.5, 0.6) is 0 Å². The van der Waals surface area contributed by atoms with E-state index in [1.165, 1.54) is 19.3 Å². The summed E-state index contributed by atoms with van der Waals surface area (Å²) >= 11 is 0. The van der Waals surface area contributed by atoms with Gasteiger partial charge in [-0.2, -0.15) is 0 Å². The molecule has 0 bridgehead atoms. The molecule has 1 saturated carbocycles. The first kappa shape index (κ1) is 12.9. The second-order valence-electron chi connectivity index (χ2n) is 5.27. The summed E-state index contributed by atoms with van der Waals surface area (Å²) in [5.41, 5.74) is 0.425. The molecule has 1 fully saturated rings. The highest BCUT2D eigenvalue weighted by Crippen LogP contribution is 2.17. The van der Waals surface area contributed by atoms with E-state index < -0.39 is 0 Å². The number of hydrogen-bond acceptors (Lipinski definition) is 3. The molecule has 108 valence electrons. The van der Waals surface area contributed by atoms with Crippen LogP contribution in [0.25, 0.3) is 5.95 Å². The van der Waals surface area contributed by atoms with Crippen molar-refractivity contribution >= 4 is 5.91 Å². The molecule has 0 spiro atoms. The van der Waals surface area contributed by atoms with Gasteiger partial charge < -0.3 is 5.32 Å². The minimum Gasteiger partial charge on any atom is -0.348 e. The van der Waals surface area contributed by atoms with Crippen LogP contribution in [0.3, 0.4) is 0 Å². The maximum atomic E-state index is 12.2. The quantitative estimate of drug-likeness (QED) is 0.930. The molecule has 1 N–H and O–H groups in total. The van der Waals surface area contributed by atoms with Gasteiger partial charge in [0.05, 0.1) is 0 Å². The van der Waals surface area contributed by atoms with Crippen molar-refractivity contribution in [2.75, 3.05) is 0 Å². The van der Waals surface area contributed by atoms with Crippen molar-refractivity contribution in [2.45, 2.75) is 38.1 Å². The Morgan fingerprint density at radius 3 is 2.80 bits per heavy atom. The van der Waals surface area contributed by atoms with Crippen LogP contribution < -0.4 is 5.32 Å². The molecule has 1 aliphatic rings. The van der Waals surface area contributed by atoms with Gasteiger partial charge in [0, 0.05) is 33.1 Å². The van der Waals surface area contributed by atoms with Gasteiger partial charge in [0.15, 0.2) is 0 Å². The van der Waals surface area contributed by atoms with E-state index in [-0.39, 0.29) is 7.33 Å². The molecule has 20 heavy (non-hydrogen) atoms. The van der Waals surface area contributed by atoms with Crippen LogP contribution in [0.1, 0.15) is 44.0 Å². The lowest BCUT2D eigenvalue weighted by molar-refractivity contribution is 0.0922. The number of carbonyl (C=O) groups excluding carboxylic acids is 1. The summed E-state index contributed by atoms with van der Waals surface area (Å²) < 4.78 is 3.65. The van der Waals surface area contributed by atoms with E-state index in [0.717, 1.165) is 12.8 Å². The van der Waals surface area contributed by atoms with Gasteiger partial charge in [-0.1, -0.05) is 19.3 Å². The first-order valence-corrected chi connectivity index (χ1v) is 7.08. The van der Waals surface area contributed by atoms with Gasteiger partial charge in [-0.25, -0.2) is 14.6 Å². The number of aryl methyl sites for hydroxylation is 1. The largest absolute Gasteiger partial charge is 0.348 e. The summed E-state index contributed by atoms with van der Waals surface area (Å²) in [6, 6.07) is 1.95. The SMILES string of the molecule is Cn1ccn1-c1nccc(C(=O)NC2CCCCC2)n1.[HH]. The van der Waals surface area contributed by atoms with Crippen molar-refractivity contribution in [3.05, 3.63) is 30.4 Å². The van der Waals surface area contributed by atoms with Crippen LogP contribution in [0.15, 0.2) is 24.7 Å². The Labute approximate surface area is 119 Å². The molecule has 0 unspecified atom stereocenters. The number of nitrogens with one attached hydrogen (secondary N) is 1. The highest BCUT2D eigenvalue weighted by atomic mass is 16.1. The average Bonchev–Trinajstić information content (AvgIpc) is 2.47. The fourth-order valence-corrected chi connectivity index (χ4v) is 2.57. The van der Waals surface area contributed by atoms with E-state index in [4.69, 9.17) is 0 Å². The predicted octanol–water partition coefficient (Wildman–Crippen LogP) is 1.91. The fourth-order valence-electron chi connectivity index (χ4n) is 2.57.